The van der Waals surface area contributed by atoms with Crippen molar-refractivity contribution in [1.82, 2.24) is 0 Å². The SMILES string of the molecule is COC1(c2ccc3cc(-c4ccc(O)cc4)ccc3c2)C2CC3CC(C2)CC1C3. The van der Waals surface area contributed by atoms with Crippen LogP contribution in [0.3, 0.4) is 0 Å². The average molecular weight is 385 g/mol. The zero-order valence-electron chi connectivity index (χ0n) is 17.0. The zero-order chi connectivity index (χ0) is 19.6. The van der Waals surface area contributed by atoms with Crippen molar-refractivity contribution < 1.29 is 9.84 Å². The molecule has 148 valence electrons. The number of benzene rings is 3. The lowest BCUT2D eigenvalue weighted by atomic mass is 9.48. The molecule has 0 heterocycles. The largest absolute Gasteiger partial charge is 0.508 e. The molecule has 3 aromatic carbocycles. The Bertz CT molecular complexity index is 1040. The van der Waals surface area contributed by atoms with E-state index in [1.165, 1.54) is 54.0 Å². The molecule has 0 unspecified atom stereocenters. The minimum atomic E-state index is -0.0861. The van der Waals surface area contributed by atoms with Gasteiger partial charge in [0.2, 0.25) is 0 Å². The van der Waals surface area contributed by atoms with Crippen molar-refractivity contribution in [2.24, 2.45) is 23.7 Å². The summed E-state index contributed by atoms with van der Waals surface area (Å²) in [6.45, 7) is 0. The van der Waals surface area contributed by atoms with Gasteiger partial charge in [-0.2, -0.15) is 0 Å². The Hall–Kier alpha value is -2.32. The van der Waals surface area contributed by atoms with Crippen molar-refractivity contribution in [1.29, 1.82) is 0 Å². The Balaban J connectivity index is 1.41. The minimum absolute atomic E-state index is 0.0861. The smallest absolute Gasteiger partial charge is 0.115 e. The fourth-order valence-electron chi connectivity index (χ4n) is 7.13. The molecule has 0 saturated heterocycles. The van der Waals surface area contributed by atoms with Crippen molar-refractivity contribution in [3.8, 4) is 16.9 Å². The number of rotatable bonds is 3. The maximum absolute atomic E-state index is 9.55. The van der Waals surface area contributed by atoms with Crippen LogP contribution in [0.1, 0.15) is 37.7 Å². The molecule has 0 aliphatic heterocycles. The van der Waals surface area contributed by atoms with E-state index in [1.54, 1.807) is 12.1 Å². The predicted octanol–water partition coefficient (Wildman–Crippen LogP) is 6.51. The van der Waals surface area contributed by atoms with E-state index in [2.05, 4.69) is 36.4 Å². The van der Waals surface area contributed by atoms with Gasteiger partial charge in [-0.15, -0.1) is 0 Å². The summed E-state index contributed by atoms with van der Waals surface area (Å²) in [7, 11) is 1.94. The number of phenolic OH excluding ortho intramolecular Hbond substituents is 1. The van der Waals surface area contributed by atoms with Crippen LogP contribution >= 0.6 is 0 Å². The van der Waals surface area contributed by atoms with Crippen LogP contribution in [0.2, 0.25) is 0 Å². The van der Waals surface area contributed by atoms with Crippen LogP contribution in [0.15, 0.2) is 60.7 Å². The molecule has 4 fully saturated rings. The Kier molecular flexibility index (Phi) is 3.83. The molecule has 0 spiro atoms. The fraction of sp³-hybridized carbons (Fsp3) is 0.407. The van der Waals surface area contributed by atoms with Gasteiger partial charge in [-0.3, -0.25) is 0 Å². The summed E-state index contributed by atoms with van der Waals surface area (Å²) in [6, 6.07) is 21.1. The van der Waals surface area contributed by atoms with Crippen LogP contribution in [0.4, 0.5) is 0 Å². The Morgan fingerprint density at radius 3 is 1.97 bits per heavy atom. The second kappa shape index (κ2) is 6.34. The summed E-state index contributed by atoms with van der Waals surface area (Å²) in [5.74, 6) is 3.54. The second-order valence-corrected chi connectivity index (χ2v) is 9.63. The highest BCUT2D eigenvalue weighted by Gasteiger charge is 2.58. The van der Waals surface area contributed by atoms with Crippen LogP contribution in [-0.4, -0.2) is 12.2 Å². The number of aromatic hydroxyl groups is 1. The lowest BCUT2D eigenvalue weighted by molar-refractivity contribution is -0.197. The molecule has 3 aromatic rings. The number of methoxy groups -OCH3 is 1. The zero-order valence-corrected chi connectivity index (χ0v) is 17.0. The van der Waals surface area contributed by atoms with Crippen molar-refractivity contribution in [3.63, 3.8) is 0 Å². The van der Waals surface area contributed by atoms with Crippen molar-refractivity contribution in [2.45, 2.75) is 37.7 Å². The predicted molar refractivity (Wildman–Crippen MR) is 117 cm³/mol. The van der Waals surface area contributed by atoms with E-state index < -0.39 is 0 Å². The molecule has 0 radical (unpaired) electrons. The molecule has 0 amide bonds. The van der Waals surface area contributed by atoms with Gasteiger partial charge in [0.25, 0.3) is 0 Å². The van der Waals surface area contributed by atoms with E-state index in [0.29, 0.717) is 17.6 Å². The van der Waals surface area contributed by atoms with Crippen LogP contribution in [0, 0.1) is 23.7 Å². The molecule has 2 nitrogen and oxygen atoms in total. The average Bonchev–Trinajstić information content (AvgIpc) is 2.74. The molecular formula is C27H28O2. The van der Waals surface area contributed by atoms with Crippen molar-refractivity contribution >= 4 is 10.8 Å². The molecule has 0 atom stereocenters. The number of ether oxygens (including phenoxy) is 1. The van der Waals surface area contributed by atoms with Crippen LogP contribution in [-0.2, 0) is 10.3 Å². The Morgan fingerprint density at radius 2 is 1.31 bits per heavy atom. The number of hydrogen-bond donors (Lipinski definition) is 1. The standard InChI is InChI=1S/C27H28O2/c1-29-27(24-11-17-10-18(13-24)14-25(27)12-17)23-7-4-21-15-20(2-3-22(21)16-23)19-5-8-26(28)9-6-19/h2-9,15-18,24-25,28H,10-14H2,1H3. The van der Waals surface area contributed by atoms with E-state index >= 15 is 0 Å². The molecule has 4 saturated carbocycles. The highest BCUT2D eigenvalue weighted by Crippen LogP contribution is 2.63. The third-order valence-corrected chi connectivity index (χ3v) is 8.18. The van der Waals surface area contributed by atoms with Crippen LogP contribution in [0.25, 0.3) is 21.9 Å². The van der Waals surface area contributed by atoms with Crippen molar-refractivity contribution in [2.75, 3.05) is 7.11 Å². The lowest BCUT2D eigenvalue weighted by Gasteiger charge is -2.60. The van der Waals surface area contributed by atoms with Gasteiger partial charge >= 0.3 is 0 Å². The third-order valence-electron chi connectivity index (χ3n) is 8.18. The van der Waals surface area contributed by atoms with Gasteiger partial charge < -0.3 is 9.84 Å². The molecule has 4 aliphatic rings. The van der Waals surface area contributed by atoms with E-state index in [4.69, 9.17) is 4.74 Å². The fourth-order valence-corrected chi connectivity index (χ4v) is 7.13. The normalized spacial score (nSPS) is 32.7. The first kappa shape index (κ1) is 17.5. The summed E-state index contributed by atoms with van der Waals surface area (Å²) in [5.41, 5.74) is 3.61. The number of hydrogen-bond acceptors (Lipinski definition) is 2. The molecule has 4 bridgehead atoms. The maximum atomic E-state index is 9.55. The van der Waals surface area contributed by atoms with Gasteiger partial charge in [0.1, 0.15) is 5.75 Å². The monoisotopic (exact) mass is 384 g/mol. The summed E-state index contributed by atoms with van der Waals surface area (Å²) in [4.78, 5) is 0. The highest BCUT2D eigenvalue weighted by molar-refractivity contribution is 5.88. The van der Waals surface area contributed by atoms with Gasteiger partial charge in [-0.05, 0) is 108 Å². The van der Waals surface area contributed by atoms with E-state index in [-0.39, 0.29) is 5.60 Å². The minimum Gasteiger partial charge on any atom is -0.508 e. The lowest BCUT2D eigenvalue weighted by Crippen LogP contribution is -2.56. The molecule has 0 aromatic heterocycles. The van der Waals surface area contributed by atoms with Crippen molar-refractivity contribution in [3.05, 3.63) is 66.2 Å². The third kappa shape index (κ3) is 2.58. The van der Waals surface area contributed by atoms with Crippen LogP contribution in [0.5, 0.6) is 5.75 Å². The molecule has 1 N–H and O–H groups in total. The first-order chi connectivity index (χ1) is 14.2. The Labute approximate surface area is 172 Å². The second-order valence-electron chi connectivity index (χ2n) is 9.63. The van der Waals surface area contributed by atoms with Gasteiger partial charge in [0.15, 0.2) is 0 Å². The quantitative estimate of drug-likeness (QED) is 0.558. The molecule has 4 aliphatic carbocycles. The van der Waals surface area contributed by atoms with Gasteiger partial charge in [-0.25, -0.2) is 0 Å². The first-order valence-corrected chi connectivity index (χ1v) is 11.0. The topological polar surface area (TPSA) is 29.5 Å². The van der Waals surface area contributed by atoms with E-state index in [1.807, 2.05) is 19.2 Å². The number of fused-ring (bicyclic) bond motifs is 1. The molecule has 29 heavy (non-hydrogen) atoms. The van der Waals surface area contributed by atoms with Gasteiger partial charge in [0.05, 0.1) is 5.60 Å². The number of phenols is 1. The van der Waals surface area contributed by atoms with Gasteiger partial charge in [-0.1, -0.05) is 36.4 Å². The molecular weight excluding hydrogens is 356 g/mol. The summed E-state index contributed by atoms with van der Waals surface area (Å²) in [6.07, 6.45) is 6.85. The van der Waals surface area contributed by atoms with Gasteiger partial charge in [0, 0.05) is 7.11 Å². The summed E-state index contributed by atoms with van der Waals surface area (Å²) < 4.78 is 6.43. The molecule has 7 rings (SSSR count). The molecule has 2 heteroatoms. The summed E-state index contributed by atoms with van der Waals surface area (Å²) in [5, 5.41) is 12.1. The maximum Gasteiger partial charge on any atom is 0.115 e. The first-order valence-electron chi connectivity index (χ1n) is 11.0. The van der Waals surface area contributed by atoms with E-state index in [9.17, 15) is 5.11 Å². The van der Waals surface area contributed by atoms with Crippen LogP contribution < -0.4 is 0 Å². The Morgan fingerprint density at radius 1 is 0.724 bits per heavy atom. The highest BCUT2D eigenvalue weighted by atomic mass is 16.5. The van der Waals surface area contributed by atoms with E-state index in [0.717, 1.165) is 17.4 Å². The summed E-state index contributed by atoms with van der Waals surface area (Å²) >= 11 is 0.